The molecule has 108 valence electrons. The minimum Gasteiger partial charge on any atom is -0.497 e. The average molecular weight is 285 g/mol. The summed E-state index contributed by atoms with van der Waals surface area (Å²) in [5.74, 6) is 0.819. The third-order valence-electron chi connectivity index (χ3n) is 3.67. The molecule has 0 saturated carbocycles. The molecule has 0 fully saturated rings. The molecule has 1 unspecified atom stereocenters. The van der Waals surface area contributed by atoms with Gasteiger partial charge < -0.3 is 15.0 Å². The first-order valence-corrected chi connectivity index (χ1v) is 6.67. The molecule has 5 heteroatoms. The van der Waals surface area contributed by atoms with Crippen molar-refractivity contribution in [1.82, 2.24) is 9.55 Å². The molecule has 1 heterocycles. The van der Waals surface area contributed by atoms with Crippen LogP contribution < -0.4 is 10.5 Å². The van der Waals surface area contributed by atoms with Gasteiger partial charge in [-0.15, -0.1) is 0 Å². The van der Waals surface area contributed by atoms with Crippen LogP contribution in [0.25, 0.3) is 11.0 Å². The highest BCUT2D eigenvalue weighted by Crippen LogP contribution is 2.30. The van der Waals surface area contributed by atoms with Gasteiger partial charge in [0.25, 0.3) is 0 Å². The van der Waals surface area contributed by atoms with Crippen molar-refractivity contribution in [2.24, 2.45) is 0 Å². The first-order chi connectivity index (χ1) is 10.1. The molecule has 1 atom stereocenters. The van der Waals surface area contributed by atoms with Gasteiger partial charge in [0.2, 0.25) is 5.95 Å². The third kappa shape index (κ3) is 2.20. The second-order valence-corrected chi connectivity index (χ2v) is 4.89. The van der Waals surface area contributed by atoms with Crippen molar-refractivity contribution in [2.75, 3.05) is 12.8 Å². The predicted molar refractivity (Wildman–Crippen MR) is 80.9 cm³/mol. The molecule has 3 rings (SSSR count). The SMILES string of the molecule is COc1ccc2c(c1)nc(N)n2C(C)c1ccccc1F. The van der Waals surface area contributed by atoms with Gasteiger partial charge in [0.1, 0.15) is 11.6 Å². The monoisotopic (exact) mass is 285 g/mol. The summed E-state index contributed by atoms with van der Waals surface area (Å²) in [6.07, 6.45) is 0. The van der Waals surface area contributed by atoms with E-state index in [0.29, 0.717) is 17.3 Å². The molecule has 0 aliphatic carbocycles. The number of methoxy groups -OCH3 is 1. The maximum atomic E-state index is 14.0. The Kier molecular flexibility index (Phi) is 3.25. The first kappa shape index (κ1) is 13.4. The van der Waals surface area contributed by atoms with Crippen LogP contribution >= 0.6 is 0 Å². The van der Waals surface area contributed by atoms with Gasteiger partial charge in [-0.3, -0.25) is 0 Å². The standard InChI is InChI=1S/C16H16FN3O/c1-10(12-5-3-4-6-13(12)17)20-15-8-7-11(21-2)9-14(15)19-16(20)18/h3-10H,1-2H3,(H2,18,19). The number of halogens is 1. The number of rotatable bonds is 3. The summed E-state index contributed by atoms with van der Waals surface area (Å²) < 4.78 is 21.0. The lowest BCUT2D eigenvalue weighted by molar-refractivity contribution is 0.415. The minimum absolute atomic E-state index is 0.246. The lowest BCUT2D eigenvalue weighted by Gasteiger charge is -2.17. The lowest BCUT2D eigenvalue weighted by atomic mass is 10.1. The zero-order valence-electron chi connectivity index (χ0n) is 11.9. The van der Waals surface area contributed by atoms with Crippen molar-refractivity contribution in [3.05, 3.63) is 53.8 Å². The van der Waals surface area contributed by atoms with Gasteiger partial charge in [-0.2, -0.15) is 0 Å². The van der Waals surface area contributed by atoms with E-state index in [1.165, 1.54) is 6.07 Å². The molecule has 0 saturated heterocycles. The van der Waals surface area contributed by atoms with Crippen LogP contribution in [0.4, 0.5) is 10.3 Å². The highest BCUT2D eigenvalue weighted by atomic mass is 19.1. The molecule has 0 amide bonds. The van der Waals surface area contributed by atoms with E-state index in [1.54, 1.807) is 19.2 Å². The Balaban J connectivity index is 2.16. The van der Waals surface area contributed by atoms with E-state index in [1.807, 2.05) is 35.8 Å². The molecular weight excluding hydrogens is 269 g/mol. The highest BCUT2D eigenvalue weighted by molar-refractivity contribution is 5.80. The van der Waals surface area contributed by atoms with Crippen LogP contribution in [0.1, 0.15) is 18.5 Å². The Bertz CT molecular complexity index is 797. The number of nitrogens with two attached hydrogens (primary N) is 1. The fourth-order valence-electron chi connectivity index (χ4n) is 2.58. The van der Waals surface area contributed by atoms with Crippen LogP contribution in [0.2, 0.25) is 0 Å². The summed E-state index contributed by atoms with van der Waals surface area (Å²) in [5.41, 5.74) is 8.19. The number of nitrogen functional groups attached to an aromatic ring is 1. The van der Waals surface area contributed by atoms with Crippen LogP contribution in [-0.2, 0) is 0 Å². The van der Waals surface area contributed by atoms with E-state index in [0.717, 1.165) is 11.0 Å². The molecular formula is C16H16FN3O. The number of benzene rings is 2. The molecule has 0 bridgehead atoms. The van der Waals surface area contributed by atoms with E-state index < -0.39 is 0 Å². The number of hydrogen-bond acceptors (Lipinski definition) is 3. The lowest BCUT2D eigenvalue weighted by Crippen LogP contribution is -2.11. The molecule has 21 heavy (non-hydrogen) atoms. The summed E-state index contributed by atoms with van der Waals surface area (Å²) in [5, 5.41) is 0. The summed E-state index contributed by atoms with van der Waals surface area (Å²) in [6.45, 7) is 1.90. The largest absolute Gasteiger partial charge is 0.497 e. The molecule has 2 aromatic carbocycles. The van der Waals surface area contributed by atoms with Crippen LogP contribution in [0.5, 0.6) is 5.75 Å². The maximum Gasteiger partial charge on any atom is 0.201 e. The molecule has 0 aliphatic rings. The van der Waals surface area contributed by atoms with Crippen molar-refractivity contribution in [3.8, 4) is 5.75 Å². The topological polar surface area (TPSA) is 53.1 Å². The van der Waals surface area contributed by atoms with Gasteiger partial charge in [0.15, 0.2) is 0 Å². The van der Waals surface area contributed by atoms with Crippen LogP contribution in [0.15, 0.2) is 42.5 Å². The van der Waals surface area contributed by atoms with E-state index in [9.17, 15) is 4.39 Å². The Morgan fingerprint density at radius 2 is 2.00 bits per heavy atom. The van der Waals surface area contributed by atoms with Gasteiger partial charge in [-0.1, -0.05) is 18.2 Å². The Morgan fingerprint density at radius 1 is 1.24 bits per heavy atom. The second-order valence-electron chi connectivity index (χ2n) is 4.89. The number of fused-ring (bicyclic) bond motifs is 1. The number of nitrogens with zero attached hydrogens (tertiary/aromatic N) is 2. The van der Waals surface area contributed by atoms with Crippen molar-refractivity contribution in [3.63, 3.8) is 0 Å². The van der Waals surface area contributed by atoms with Gasteiger partial charge >= 0.3 is 0 Å². The summed E-state index contributed by atoms with van der Waals surface area (Å²) >= 11 is 0. The van der Waals surface area contributed by atoms with E-state index in [4.69, 9.17) is 10.5 Å². The molecule has 3 aromatic rings. The summed E-state index contributed by atoms with van der Waals surface area (Å²) in [6, 6.07) is 12.0. The maximum absolute atomic E-state index is 14.0. The summed E-state index contributed by atoms with van der Waals surface area (Å²) in [7, 11) is 1.60. The van der Waals surface area contributed by atoms with Gasteiger partial charge in [-0.05, 0) is 25.1 Å². The minimum atomic E-state index is -0.250. The smallest absolute Gasteiger partial charge is 0.201 e. The number of ether oxygens (including phenoxy) is 1. The molecule has 4 nitrogen and oxygen atoms in total. The van der Waals surface area contributed by atoms with Gasteiger partial charge in [0.05, 0.1) is 24.2 Å². The third-order valence-corrected chi connectivity index (χ3v) is 3.67. The van der Waals surface area contributed by atoms with Crippen LogP contribution in [-0.4, -0.2) is 16.7 Å². The normalized spacial score (nSPS) is 12.5. The molecule has 0 spiro atoms. The molecule has 1 aromatic heterocycles. The predicted octanol–water partition coefficient (Wildman–Crippen LogP) is 3.38. The second kappa shape index (κ2) is 5.09. The fourth-order valence-corrected chi connectivity index (χ4v) is 2.58. The Labute approximate surface area is 122 Å². The van der Waals surface area contributed by atoms with Gasteiger partial charge in [0, 0.05) is 11.6 Å². The number of anilines is 1. The van der Waals surface area contributed by atoms with Crippen molar-refractivity contribution >= 4 is 17.0 Å². The average Bonchev–Trinajstić information content (AvgIpc) is 2.81. The fraction of sp³-hybridized carbons (Fsp3) is 0.188. The first-order valence-electron chi connectivity index (χ1n) is 6.67. The van der Waals surface area contributed by atoms with E-state index >= 15 is 0 Å². The van der Waals surface area contributed by atoms with Crippen LogP contribution in [0.3, 0.4) is 0 Å². The summed E-state index contributed by atoms with van der Waals surface area (Å²) in [4.78, 5) is 4.34. The number of imidazole rings is 1. The van der Waals surface area contributed by atoms with Crippen molar-refractivity contribution in [1.29, 1.82) is 0 Å². The number of aromatic nitrogens is 2. The van der Waals surface area contributed by atoms with Gasteiger partial charge in [-0.25, -0.2) is 9.37 Å². The Hall–Kier alpha value is -2.56. The van der Waals surface area contributed by atoms with Crippen LogP contribution in [0, 0.1) is 5.82 Å². The van der Waals surface area contributed by atoms with E-state index in [-0.39, 0.29) is 11.9 Å². The zero-order chi connectivity index (χ0) is 15.0. The van der Waals surface area contributed by atoms with E-state index in [2.05, 4.69) is 4.98 Å². The number of hydrogen-bond donors (Lipinski definition) is 1. The Morgan fingerprint density at radius 3 is 2.71 bits per heavy atom. The molecule has 0 radical (unpaired) electrons. The van der Waals surface area contributed by atoms with Crippen molar-refractivity contribution < 1.29 is 9.13 Å². The highest BCUT2D eigenvalue weighted by Gasteiger charge is 2.18. The quantitative estimate of drug-likeness (QED) is 0.802. The van der Waals surface area contributed by atoms with Crippen molar-refractivity contribution in [2.45, 2.75) is 13.0 Å². The molecule has 2 N–H and O–H groups in total. The zero-order valence-corrected chi connectivity index (χ0v) is 11.9. The molecule has 0 aliphatic heterocycles.